The molecule has 0 bridgehead atoms. The van der Waals surface area contributed by atoms with E-state index >= 15 is 0 Å². The van der Waals surface area contributed by atoms with Gasteiger partial charge >= 0.3 is 0 Å². The number of piperazine rings is 1. The molecule has 4 heteroatoms. The second kappa shape index (κ2) is 5.87. The van der Waals surface area contributed by atoms with E-state index in [1.807, 2.05) is 0 Å². The van der Waals surface area contributed by atoms with E-state index in [-0.39, 0.29) is 6.04 Å². The normalized spacial score (nSPS) is 25.4. The van der Waals surface area contributed by atoms with Crippen LogP contribution in [0.1, 0.15) is 27.2 Å². The topological polar surface area (TPSA) is 15.3 Å². The fourth-order valence-electron chi connectivity index (χ4n) is 2.58. The van der Waals surface area contributed by atoms with Crippen molar-refractivity contribution < 1.29 is 8.78 Å². The Morgan fingerprint density at radius 3 is 2.74 bits per heavy atom. The Labute approximate surface area is 113 Å². The minimum Gasteiger partial charge on any atom is -0.366 e. The van der Waals surface area contributed by atoms with Crippen LogP contribution in [0.4, 0.5) is 14.5 Å². The van der Waals surface area contributed by atoms with Crippen LogP contribution < -0.4 is 10.2 Å². The van der Waals surface area contributed by atoms with Gasteiger partial charge in [0.25, 0.3) is 0 Å². The molecule has 0 radical (unpaired) electrons. The molecule has 1 N–H and O–H groups in total. The van der Waals surface area contributed by atoms with Crippen LogP contribution in [0.15, 0.2) is 18.2 Å². The zero-order valence-corrected chi connectivity index (χ0v) is 11.8. The molecule has 0 aliphatic carbocycles. The molecule has 1 aromatic rings. The predicted molar refractivity (Wildman–Crippen MR) is 74.4 cm³/mol. The predicted octanol–water partition coefficient (Wildman–Crippen LogP) is 3.18. The van der Waals surface area contributed by atoms with Gasteiger partial charge in [-0.2, -0.15) is 0 Å². The average molecular weight is 268 g/mol. The van der Waals surface area contributed by atoms with E-state index in [2.05, 4.69) is 31.0 Å². The van der Waals surface area contributed by atoms with Gasteiger partial charge in [-0.25, -0.2) is 8.78 Å². The molecular formula is C15H22F2N2. The Morgan fingerprint density at radius 1 is 1.37 bits per heavy atom. The van der Waals surface area contributed by atoms with E-state index in [1.165, 1.54) is 12.1 Å². The molecule has 3 atom stereocenters. The third-order valence-corrected chi connectivity index (χ3v) is 4.17. The van der Waals surface area contributed by atoms with Crippen molar-refractivity contribution in [1.29, 1.82) is 0 Å². The maximum absolute atomic E-state index is 13.4. The molecule has 0 saturated carbocycles. The van der Waals surface area contributed by atoms with Crippen molar-refractivity contribution in [3.63, 3.8) is 0 Å². The molecule has 1 heterocycles. The summed E-state index contributed by atoms with van der Waals surface area (Å²) in [5, 5.41) is 3.54. The molecule has 2 nitrogen and oxygen atoms in total. The largest absolute Gasteiger partial charge is 0.366 e. The molecule has 106 valence electrons. The quantitative estimate of drug-likeness (QED) is 0.905. The van der Waals surface area contributed by atoms with Gasteiger partial charge in [0.15, 0.2) is 11.6 Å². The fraction of sp³-hybridized carbons (Fsp3) is 0.600. The third-order valence-electron chi connectivity index (χ3n) is 4.17. The number of halogens is 2. The average Bonchev–Trinajstić information content (AvgIpc) is 2.41. The molecule has 1 aliphatic heterocycles. The second-order valence-electron chi connectivity index (χ2n) is 5.50. The summed E-state index contributed by atoms with van der Waals surface area (Å²) in [6.07, 6.45) is 1.11. The van der Waals surface area contributed by atoms with Crippen LogP contribution in [-0.4, -0.2) is 25.2 Å². The number of nitrogens with one attached hydrogen (secondary N) is 1. The Hall–Kier alpha value is -1.16. The smallest absolute Gasteiger partial charge is 0.160 e. The van der Waals surface area contributed by atoms with Crippen LogP contribution in [0.2, 0.25) is 0 Å². The SMILES string of the molecule is CCC(C)C1CN(c2ccc(F)c(F)c2)C(C)CN1. The van der Waals surface area contributed by atoms with Crippen molar-refractivity contribution in [2.45, 2.75) is 39.3 Å². The molecule has 2 rings (SSSR count). The number of hydrogen-bond acceptors (Lipinski definition) is 2. The minimum atomic E-state index is -0.787. The summed E-state index contributed by atoms with van der Waals surface area (Å²) in [7, 11) is 0. The van der Waals surface area contributed by atoms with Crippen LogP contribution >= 0.6 is 0 Å². The fourth-order valence-corrected chi connectivity index (χ4v) is 2.58. The summed E-state index contributed by atoms with van der Waals surface area (Å²) >= 11 is 0. The van der Waals surface area contributed by atoms with Crippen LogP contribution in [0, 0.1) is 17.6 Å². The summed E-state index contributed by atoms with van der Waals surface area (Å²) in [5.74, 6) is -0.992. The van der Waals surface area contributed by atoms with Crippen molar-refractivity contribution in [1.82, 2.24) is 5.32 Å². The van der Waals surface area contributed by atoms with E-state index < -0.39 is 11.6 Å². The second-order valence-corrected chi connectivity index (χ2v) is 5.50. The monoisotopic (exact) mass is 268 g/mol. The molecule has 19 heavy (non-hydrogen) atoms. The third kappa shape index (κ3) is 3.06. The van der Waals surface area contributed by atoms with Gasteiger partial charge in [-0.15, -0.1) is 0 Å². The van der Waals surface area contributed by atoms with Crippen molar-refractivity contribution in [2.24, 2.45) is 5.92 Å². The number of hydrogen-bond donors (Lipinski definition) is 1. The number of rotatable bonds is 3. The highest BCUT2D eigenvalue weighted by Gasteiger charge is 2.28. The maximum atomic E-state index is 13.4. The van der Waals surface area contributed by atoms with Crippen molar-refractivity contribution in [3.8, 4) is 0 Å². The number of benzene rings is 1. The number of nitrogens with zero attached hydrogens (tertiary/aromatic N) is 1. The summed E-state index contributed by atoms with van der Waals surface area (Å²) in [6.45, 7) is 8.19. The molecule has 0 aromatic heterocycles. The van der Waals surface area contributed by atoms with E-state index in [0.29, 0.717) is 12.0 Å². The van der Waals surface area contributed by atoms with Gasteiger partial charge < -0.3 is 10.2 Å². The van der Waals surface area contributed by atoms with Crippen LogP contribution in [0.5, 0.6) is 0 Å². The van der Waals surface area contributed by atoms with Gasteiger partial charge in [-0.3, -0.25) is 0 Å². The Morgan fingerprint density at radius 2 is 2.11 bits per heavy atom. The first-order valence-corrected chi connectivity index (χ1v) is 6.98. The first kappa shape index (κ1) is 14.3. The van der Waals surface area contributed by atoms with Crippen molar-refractivity contribution in [2.75, 3.05) is 18.0 Å². The first-order chi connectivity index (χ1) is 9.02. The highest BCUT2D eigenvalue weighted by atomic mass is 19.2. The van der Waals surface area contributed by atoms with E-state index in [4.69, 9.17) is 0 Å². The summed E-state index contributed by atoms with van der Waals surface area (Å²) in [5.41, 5.74) is 0.765. The Bertz CT molecular complexity index is 436. The standard InChI is InChI=1S/C15H22F2N2/c1-4-10(2)15-9-19(11(3)8-18-15)12-5-6-13(16)14(17)7-12/h5-7,10-11,15,18H,4,8-9H2,1-3H3. The van der Waals surface area contributed by atoms with Crippen molar-refractivity contribution >= 4 is 5.69 Å². The number of anilines is 1. The van der Waals surface area contributed by atoms with E-state index in [0.717, 1.165) is 25.2 Å². The van der Waals surface area contributed by atoms with Gasteiger partial charge in [0.05, 0.1) is 0 Å². The Balaban J connectivity index is 2.18. The molecule has 1 fully saturated rings. The molecule has 1 aliphatic rings. The molecule has 1 aromatic carbocycles. The zero-order chi connectivity index (χ0) is 14.0. The maximum Gasteiger partial charge on any atom is 0.160 e. The van der Waals surface area contributed by atoms with Gasteiger partial charge in [-0.1, -0.05) is 20.3 Å². The molecule has 1 saturated heterocycles. The molecule has 0 amide bonds. The molecule has 0 spiro atoms. The minimum absolute atomic E-state index is 0.283. The van der Waals surface area contributed by atoms with Crippen LogP contribution in [-0.2, 0) is 0 Å². The summed E-state index contributed by atoms with van der Waals surface area (Å²) < 4.78 is 26.4. The first-order valence-electron chi connectivity index (χ1n) is 6.98. The van der Waals surface area contributed by atoms with Crippen LogP contribution in [0.3, 0.4) is 0 Å². The Kier molecular flexibility index (Phi) is 4.40. The molecular weight excluding hydrogens is 246 g/mol. The highest BCUT2D eigenvalue weighted by molar-refractivity contribution is 5.48. The van der Waals surface area contributed by atoms with Crippen molar-refractivity contribution in [3.05, 3.63) is 29.8 Å². The summed E-state index contributed by atoms with van der Waals surface area (Å²) in [4.78, 5) is 2.16. The van der Waals surface area contributed by atoms with Gasteiger partial charge in [0.1, 0.15) is 0 Å². The lowest BCUT2D eigenvalue weighted by molar-refractivity contribution is 0.315. The van der Waals surface area contributed by atoms with E-state index in [9.17, 15) is 8.78 Å². The van der Waals surface area contributed by atoms with E-state index in [1.54, 1.807) is 6.07 Å². The zero-order valence-electron chi connectivity index (χ0n) is 11.8. The van der Waals surface area contributed by atoms with Gasteiger partial charge in [0, 0.05) is 36.9 Å². The molecule has 3 unspecified atom stereocenters. The lowest BCUT2D eigenvalue weighted by Crippen LogP contribution is -2.57. The van der Waals surface area contributed by atoms with Gasteiger partial charge in [0.2, 0.25) is 0 Å². The van der Waals surface area contributed by atoms with Crippen LogP contribution in [0.25, 0.3) is 0 Å². The lowest BCUT2D eigenvalue weighted by atomic mass is 9.95. The summed E-state index contributed by atoms with van der Waals surface area (Å²) in [6, 6.07) is 4.84. The lowest BCUT2D eigenvalue weighted by Gasteiger charge is -2.42. The highest BCUT2D eigenvalue weighted by Crippen LogP contribution is 2.24. The van der Waals surface area contributed by atoms with Gasteiger partial charge in [-0.05, 0) is 25.0 Å².